The van der Waals surface area contributed by atoms with Crippen LogP contribution in [0.5, 0.6) is 0 Å². The van der Waals surface area contributed by atoms with Crippen LogP contribution in [-0.4, -0.2) is 14.8 Å². The zero-order valence-corrected chi connectivity index (χ0v) is 9.16. The first kappa shape index (κ1) is 8.99. The van der Waals surface area contributed by atoms with Crippen LogP contribution in [0.2, 0.25) is 0 Å². The highest BCUT2D eigenvalue weighted by Gasteiger charge is 2.26. The minimum atomic E-state index is 0.347. The van der Waals surface area contributed by atoms with Crippen LogP contribution in [0, 0.1) is 11.8 Å². The summed E-state index contributed by atoms with van der Waals surface area (Å²) in [6.45, 7) is 3.22. The Balaban J connectivity index is 1.98. The van der Waals surface area contributed by atoms with E-state index in [1.165, 1.54) is 12.8 Å². The van der Waals surface area contributed by atoms with Gasteiger partial charge in [-0.2, -0.15) is 4.98 Å². The molecule has 1 aliphatic rings. The molecule has 0 aromatic carbocycles. The highest BCUT2D eigenvalue weighted by atomic mass is 79.9. The van der Waals surface area contributed by atoms with Gasteiger partial charge < -0.3 is 5.73 Å². The molecule has 5 heteroatoms. The Morgan fingerprint density at radius 3 is 2.77 bits per heavy atom. The van der Waals surface area contributed by atoms with Gasteiger partial charge in [0.25, 0.3) is 0 Å². The Morgan fingerprint density at radius 1 is 1.62 bits per heavy atom. The van der Waals surface area contributed by atoms with Crippen molar-refractivity contribution in [2.24, 2.45) is 11.8 Å². The number of nitrogens with two attached hydrogens (primary N) is 1. The molecule has 2 rings (SSSR count). The Kier molecular flexibility index (Phi) is 2.27. The van der Waals surface area contributed by atoms with E-state index in [4.69, 9.17) is 5.73 Å². The third kappa shape index (κ3) is 1.85. The molecule has 0 saturated heterocycles. The SMILES string of the molecule is CC1CC(Cn2nc(N)nc2Br)C1. The average Bonchev–Trinajstić information content (AvgIpc) is 2.27. The number of hydrogen-bond donors (Lipinski definition) is 1. The highest BCUT2D eigenvalue weighted by molar-refractivity contribution is 9.10. The molecular formula is C8H13BrN4. The fourth-order valence-electron chi connectivity index (χ4n) is 1.92. The van der Waals surface area contributed by atoms with Crippen LogP contribution in [0.25, 0.3) is 0 Å². The number of halogens is 1. The van der Waals surface area contributed by atoms with Gasteiger partial charge in [0.15, 0.2) is 4.73 Å². The standard InChI is InChI=1S/C8H13BrN4/c1-5-2-6(3-5)4-13-7(9)11-8(10)12-13/h5-6H,2-4H2,1H3,(H2,10,12). The first-order valence-electron chi connectivity index (χ1n) is 4.51. The van der Waals surface area contributed by atoms with E-state index in [0.29, 0.717) is 5.95 Å². The molecule has 1 aliphatic carbocycles. The smallest absolute Gasteiger partial charge is 0.240 e. The van der Waals surface area contributed by atoms with Crippen molar-refractivity contribution in [1.82, 2.24) is 14.8 Å². The lowest BCUT2D eigenvalue weighted by Crippen LogP contribution is -2.26. The van der Waals surface area contributed by atoms with Crippen molar-refractivity contribution < 1.29 is 0 Å². The van der Waals surface area contributed by atoms with Gasteiger partial charge in [0.05, 0.1) is 0 Å². The molecule has 1 saturated carbocycles. The normalized spacial score (nSPS) is 27.2. The van der Waals surface area contributed by atoms with E-state index in [0.717, 1.165) is 23.1 Å². The van der Waals surface area contributed by atoms with Gasteiger partial charge in [-0.1, -0.05) is 6.92 Å². The molecule has 0 aliphatic heterocycles. The molecule has 0 bridgehead atoms. The summed E-state index contributed by atoms with van der Waals surface area (Å²) in [5, 5.41) is 4.09. The Morgan fingerprint density at radius 2 is 2.31 bits per heavy atom. The van der Waals surface area contributed by atoms with Crippen LogP contribution in [0.15, 0.2) is 4.73 Å². The second-order valence-corrected chi connectivity index (χ2v) is 4.57. The van der Waals surface area contributed by atoms with Crippen molar-refractivity contribution >= 4 is 21.9 Å². The molecular weight excluding hydrogens is 232 g/mol. The third-order valence-corrected chi connectivity index (χ3v) is 3.13. The molecule has 0 amide bonds. The van der Waals surface area contributed by atoms with Crippen LogP contribution >= 0.6 is 15.9 Å². The van der Waals surface area contributed by atoms with Gasteiger partial charge in [-0.15, -0.1) is 5.10 Å². The molecule has 0 radical (unpaired) electrons. The zero-order valence-electron chi connectivity index (χ0n) is 7.57. The summed E-state index contributed by atoms with van der Waals surface area (Å²) in [6.07, 6.45) is 2.60. The molecule has 72 valence electrons. The monoisotopic (exact) mass is 244 g/mol. The summed E-state index contributed by atoms with van der Waals surface area (Å²) in [6, 6.07) is 0. The minimum absolute atomic E-state index is 0.347. The zero-order chi connectivity index (χ0) is 9.42. The van der Waals surface area contributed by atoms with E-state index in [2.05, 4.69) is 32.9 Å². The lowest BCUT2D eigenvalue weighted by Gasteiger charge is -2.32. The van der Waals surface area contributed by atoms with E-state index in [-0.39, 0.29) is 0 Å². The minimum Gasteiger partial charge on any atom is -0.366 e. The number of aromatic nitrogens is 3. The number of rotatable bonds is 2. The maximum absolute atomic E-state index is 5.47. The fraction of sp³-hybridized carbons (Fsp3) is 0.750. The van der Waals surface area contributed by atoms with Crippen molar-refractivity contribution in [2.45, 2.75) is 26.3 Å². The summed E-state index contributed by atoms with van der Waals surface area (Å²) in [7, 11) is 0. The van der Waals surface area contributed by atoms with E-state index in [1.54, 1.807) is 0 Å². The predicted molar refractivity (Wildman–Crippen MR) is 54.0 cm³/mol. The first-order chi connectivity index (χ1) is 6.15. The van der Waals surface area contributed by atoms with Gasteiger partial charge in [-0.3, -0.25) is 0 Å². The van der Waals surface area contributed by atoms with Gasteiger partial charge in [0, 0.05) is 6.54 Å². The van der Waals surface area contributed by atoms with Crippen molar-refractivity contribution in [3.8, 4) is 0 Å². The topological polar surface area (TPSA) is 56.7 Å². The van der Waals surface area contributed by atoms with Gasteiger partial charge in [0.1, 0.15) is 0 Å². The molecule has 2 N–H and O–H groups in total. The van der Waals surface area contributed by atoms with Crippen LogP contribution in [0.3, 0.4) is 0 Å². The lowest BCUT2D eigenvalue weighted by molar-refractivity contribution is 0.180. The summed E-state index contributed by atoms with van der Waals surface area (Å²) in [5.74, 6) is 1.98. The van der Waals surface area contributed by atoms with Crippen LogP contribution in [0.4, 0.5) is 5.95 Å². The van der Waals surface area contributed by atoms with E-state index in [9.17, 15) is 0 Å². The molecule has 1 heterocycles. The Labute approximate surface area is 85.6 Å². The van der Waals surface area contributed by atoms with E-state index < -0.39 is 0 Å². The Bertz CT molecular complexity index is 303. The third-order valence-electron chi connectivity index (χ3n) is 2.55. The quantitative estimate of drug-likeness (QED) is 0.862. The van der Waals surface area contributed by atoms with Crippen molar-refractivity contribution in [2.75, 3.05) is 5.73 Å². The second kappa shape index (κ2) is 3.29. The molecule has 0 unspecified atom stereocenters. The number of anilines is 1. The van der Waals surface area contributed by atoms with Crippen molar-refractivity contribution in [3.05, 3.63) is 4.73 Å². The molecule has 0 atom stereocenters. The molecule has 0 spiro atoms. The highest BCUT2D eigenvalue weighted by Crippen LogP contribution is 2.34. The molecule has 4 nitrogen and oxygen atoms in total. The fourth-order valence-corrected chi connectivity index (χ4v) is 2.32. The van der Waals surface area contributed by atoms with Crippen LogP contribution < -0.4 is 5.73 Å². The average molecular weight is 245 g/mol. The van der Waals surface area contributed by atoms with E-state index >= 15 is 0 Å². The lowest BCUT2D eigenvalue weighted by atomic mass is 9.76. The number of nitrogens with zero attached hydrogens (tertiary/aromatic N) is 3. The van der Waals surface area contributed by atoms with Crippen molar-refractivity contribution in [3.63, 3.8) is 0 Å². The predicted octanol–water partition coefficient (Wildman–Crippen LogP) is 1.67. The number of nitrogen functional groups attached to an aromatic ring is 1. The van der Waals surface area contributed by atoms with Gasteiger partial charge in [-0.25, -0.2) is 4.68 Å². The maximum atomic E-state index is 5.47. The molecule has 1 fully saturated rings. The van der Waals surface area contributed by atoms with Gasteiger partial charge in [0.2, 0.25) is 5.95 Å². The summed E-state index contributed by atoms with van der Waals surface area (Å²) >= 11 is 3.32. The van der Waals surface area contributed by atoms with Crippen LogP contribution in [-0.2, 0) is 6.54 Å². The summed E-state index contributed by atoms with van der Waals surface area (Å²) in [4.78, 5) is 3.99. The second-order valence-electron chi connectivity index (χ2n) is 3.86. The summed E-state index contributed by atoms with van der Waals surface area (Å²) < 4.78 is 2.58. The maximum Gasteiger partial charge on any atom is 0.240 e. The molecule has 13 heavy (non-hydrogen) atoms. The van der Waals surface area contributed by atoms with Crippen molar-refractivity contribution in [1.29, 1.82) is 0 Å². The van der Waals surface area contributed by atoms with Gasteiger partial charge in [-0.05, 0) is 40.6 Å². The Hall–Kier alpha value is -0.580. The van der Waals surface area contributed by atoms with E-state index in [1.807, 2.05) is 4.68 Å². The van der Waals surface area contributed by atoms with Crippen LogP contribution in [0.1, 0.15) is 19.8 Å². The van der Waals surface area contributed by atoms with Gasteiger partial charge >= 0.3 is 0 Å². The summed E-state index contributed by atoms with van der Waals surface area (Å²) in [5.41, 5.74) is 5.47. The largest absolute Gasteiger partial charge is 0.366 e. The molecule has 1 aromatic rings. The molecule has 1 aromatic heterocycles. The number of hydrogen-bond acceptors (Lipinski definition) is 3. The first-order valence-corrected chi connectivity index (χ1v) is 5.30.